The highest BCUT2D eigenvalue weighted by Crippen LogP contribution is 2.39. The highest BCUT2D eigenvalue weighted by atomic mass is 32.1. The Kier molecular flexibility index (Phi) is 7.14. The van der Waals surface area contributed by atoms with Crippen molar-refractivity contribution < 1.29 is 14.3 Å². The third-order valence-electron chi connectivity index (χ3n) is 7.45. The second-order valence-corrected chi connectivity index (χ2v) is 10.7. The van der Waals surface area contributed by atoms with Crippen molar-refractivity contribution in [3.63, 3.8) is 0 Å². The number of thiophene rings is 1. The van der Waals surface area contributed by atoms with Gasteiger partial charge in [-0.25, -0.2) is 4.79 Å². The molecule has 4 rings (SSSR count). The smallest absolute Gasteiger partial charge is 0.348 e. The van der Waals surface area contributed by atoms with Gasteiger partial charge in [-0.05, 0) is 63.0 Å². The van der Waals surface area contributed by atoms with Gasteiger partial charge in [-0.1, -0.05) is 26.2 Å². The first kappa shape index (κ1) is 21.8. The van der Waals surface area contributed by atoms with Gasteiger partial charge in [0.1, 0.15) is 4.88 Å². The van der Waals surface area contributed by atoms with E-state index in [9.17, 15) is 9.59 Å². The van der Waals surface area contributed by atoms with Gasteiger partial charge in [0, 0.05) is 29.4 Å². The Bertz CT molecular complexity index is 729. The summed E-state index contributed by atoms with van der Waals surface area (Å²) in [5.41, 5.74) is 0. The molecule has 30 heavy (non-hydrogen) atoms. The van der Waals surface area contributed by atoms with Gasteiger partial charge >= 0.3 is 5.97 Å². The Labute approximate surface area is 184 Å². The van der Waals surface area contributed by atoms with Crippen LogP contribution in [0.15, 0.2) is 12.1 Å². The van der Waals surface area contributed by atoms with E-state index in [0.717, 1.165) is 49.4 Å². The number of carbonyl (C=O) groups excluding carboxylic acids is 2. The molecule has 1 aromatic heterocycles. The number of ether oxygens (including phenoxy) is 1. The molecule has 1 aliphatic carbocycles. The predicted molar refractivity (Wildman–Crippen MR) is 120 cm³/mol. The molecule has 5 nitrogen and oxygen atoms in total. The third-order valence-corrected chi connectivity index (χ3v) is 8.62. The van der Waals surface area contributed by atoms with Crippen molar-refractivity contribution in [3.8, 4) is 0 Å². The van der Waals surface area contributed by atoms with Gasteiger partial charge in [-0.15, -0.1) is 11.3 Å². The number of piperidine rings is 1. The highest BCUT2D eigenvalue weighted by Gasteiger charge is 2.39. The zero-order chi connectivity index (χ0) is 21.1. The largest absolute Gasteiger partial charge is 0.465 e. The normalized spacial score (nSPS) is 28.3. The van der Waals surface area contributed by atoms with Crippen molar-refractivity contribution in [2.75, 3.05) is 13.7 Å². The Morgan fingerprint density at radius 2 is 1.83 bits per heavy atom. The van der Waals surface area contributed by atoms with Crippen LogP contribution < -0.4 is 5.32 Å². The summed E-state index contributed by atoms with van der Waals surface area (Å²) in [4.78, 5) is 29.3. The summed E-state index contributed by atoms with van der Waals surface area (Å²) in [7, 11) is 1.41. The van der Waals surface area contributed by atoms with Crippen LogP contribution in [-0.2, 0) is 9.53 Å². The lowest BCUT2D eigenvalue weighted by molar-refractivity contribution is -0.126. The summed E-state index contributed by atoms with van der Waals surface area (Å²) in [6.45, 7) is 3.40. The number of amides is 1. The van der Waals surface area contributed by atoms with E-state index in [1.54, 1.807) is 0 Å². The molecule has 2 bridgehead atoms. The molecule has 6 heteroatoms. The van der Waals surface area contributed by atoms with Crippen molar-refractivity contribution >= 4 is 23.2 Å². The number of carbonyl (C=O) groups is 2. The van der Waals surface area contributed by atoms with E-state index in [0.29, 0.717) is 17.0 Å². The lowest BCUT2D eigenvalue weighted by atomic mass is 9.88. The third kappa shape index (κ3) is 4.91. The summed E-state index contributed by atoms with van der Waals surface area (Å²) < 4.78 is 4.88. The van der Waals surface area contributed by atoms with Crippen LogP contribution in [0.5, 0.6) is 0 Å². The van der Waals surface area contributed by atoms with E-state index in [1.807, 2.05) is 12.1 Å². The maximum absolute atomic E-state index is 13.0. The average Bonchev–Trinajstić information content (AvgIpc) is 3.34. The van der Waals surface area contributed by atoms with Crippen LogP contribution in [0.3, 0.4) is 0 Å². The number of nitrogens with zero attached hydrogens (tertiary/aromatic N) is 1. The Morgan fingerprint density at radius 1 is 1.13 bits per heavy atom. The molecule has 3 atom stereocenters. The van der Waals surface area contributed by atoms with E-state index in [4.69, 9.17) is 4.74 Å². The Hall–Kier alpha value is -1.40. The van der Waals surface area contributed by atoms with Crippen LogP contribution in [0, 0.1) is 11.8 Å². The molecule has 166 valence electrons. The van der Waals surface area contributed by atoms with E-state index in [-0.39, 0.29) is 23.8 Å². The van der Waals surface area contributed by atoms with Crippen molar-refractivity contribution in [1.29, 1.82) is 0 Å². The summed E-state index contributed by atoms with van der Waals surface area (Å²) >= 11 is 1.46. The monoisotopic (exact) mass is 432 g/mol. The van der Waals surface area contributed by atoms with Crippen LogP contribution in [0.25, 0.3) is 0 Å². The number of methoxy groups -OCH3 is 1. The van der Waals surface area contributed by atoms with Gasteiger partial charge in [0.2, 0.25) is 5.91 Å². The lowest BCUT2D eigenvalue weighted by Crippen LogP contribution is -2.44. The van der Waals surface area contributed by atoms with E-state index in [1.165, 1.54) is 50.6 Å². The molecule has 1 aromatic rings. The van der Waals surface area contributed by atoms with Crippen molar-refractivity contribution in [2.45, 2.75) is 89.3 Å². The van der Waals surface area contributed by atoms with E-state index < -0.39 is 0 Å². The Balaban J connectivity index is 1.45. The minimum atomic E-state index is -0.299. The number of hydrogen-bond donors (Lipinski definition) is 1. The molecular weight excluding hydrogens is 396 g/mol. The number of rotatable bonds is 7. The fourth-order valence-corrected chi connectivity index (χ4v) is 6.89. The maximum Gasteiger partial charge on any atom is 0.348 e. The van der Waals surface area contributed by atoms with Gasteiger partial charge in [-0.2, -0.15) is 0 Å². The van der Waals surface area contributed by atoms with Crippen molar-refractivity contribution in [2.24, 2.45) is 11.8 Å². The molecule has 2 unspecified atom stereocenters. The minimum absolute atomic E-state index is 0.0263. The number of esters is 1. The molecule has 1 saturated carbocycles. The molecule has 0 spiro atoms. The highest BCUT2D eigenvalue weighted by molar-refractivity contribution is 7.14. The predicted octanol–water partition coefficient (Wildman–Crippen LogP) is 4.93. The topological polar surface area (TPSA) is 58.6 Å². The van der Waals surface area contributed by atoms with E-state index >= 15 is 0 Å². The molecular formula is C24H36N2O3S. The second-order valence-electron chi connectivity index (χ2n) is 9.58. The minimum Gasteiger partial charge on any atom is -0.465 e. The molecule has 3 aliphatic rings. The van der Waals surface area contributed by atoms with Crippen molar-refractivity contribution in [1.82, 2.24) is 10.2 Å². The molecule has 0 radical (unpaired) electrons. The van der Waals surface area contributed by atoms with Gasteiger partial charge in [0.15, 0.2) is 0 Å². The maximum atomic E-state index is 13.0. The SMILES string of the molecule is COC(=O)c1ccc([C@H](CCN2C3CCC2CC(C)C3)NC(=O)C2CCCCC2)s1. The van der Waals surface area contributed by atoms with Gasteiger partial charge < -0.3 is 10.1 Å². The van der Waals surface area contributed by atoms with Crippen LogP contribution >= 0.6 is 11.3 Å². The second kappa shape index (κ2) is 9.82. The summed E-state index contributed by atoms with van der Waals surface area (Å²) in [6, 6.07) is 5.22. The standard InChI is InChI=1S/C24H36N2O3S/c1-16-14-18-8-9-19(15-16)26(18)13-12-20(21-10-11-22(30-21)24(28)29-2)25-23(27)17-6-4-3-5-7-17/h10-11,16-20H,3-9,12-15H2,1-2H3,(H,25,27)/t16?,18?,19?,20-/m0/s1. The zero-order valence-corrected chi connectivity index (χ0v) is 19.2. The summed E-state index contributed by atoms with van der Waals surface area (Å²) in [6.07, 6.45) is 11.7. The number of fused-ring (bicyclic) bond motifs is 2. The van der Waals surface area contributed by atoms with E-state index in [2.05, 4.69) is 17.1 Å². The molecule has 1 N–H and O–H groups in total. The van der Waals surface area contributed by atoms with Crippen molar-refractivity contribution in [3.05, 3.63) is 21.9 Å². The van der Waals surface area contributed by atoms with Crippen LogP contribution in [0.1, 0.15) is 91.7 Å². The van der Waals surface area contributed by atoms with Crippen LogP contribution in [0.2, 0.25) is 0 Å². The average molecular weight is 433 g/mol. The first-order chi connectivity index (χ1) is 14.5. The molecule has 3 heterocycles. The molecule has 2 aliphatic heterocycles. The van der Waals surface area contributed by atoms with Gasteiger partial charge in [-0.3, -0.25) is 9.69 Å². The molecule has 2 saturated heterocycles. The fourth-order valence-electron chi connectivity index (χ4n) is 5.88. The molecule has 0 aromatic carbocycles. The molecule has 3 fully saturated rings. The first-order valence-electron chi connectivity index (χ1n) is 11.8. The first-order valence-corrected chi connectivity index (χ1v) is 12.6. The fraction of sp³-hybridized carbons (Fsp3) is 0.750. The quantitative estimate of drug-likeness (QED) is 0.621. The van der Waals surface area contributed by atoms with Gasteiger partial charge in [0.25, 0.3) is 0 Å². The molecule has 1 amide bonds. The number of nitrogens with one attached hydrogen (secondary N) is 1. The summed E-state index contributed by atoms with van der Waals surface area (Å²) in [5, 5.41) is 3.36. The van der Waals surface area contributed by atoms with Gasteiger partial charge in [0.05, 0.1) is 13.2 Å². The Morgan fingerprint density at radius 3 is 2.50 bits per heavy atom. The number of hydrogen-bond acceptors (Lipinski definition) is 5. The lowest BCUT2D eigenvalue weighted by Gasteiger charge is -2.38. The van der Waals surface area contributed by atoms with Crippen LogP contribution in [0.4, 0.5) is 0 Å². The zero-order valence-electron chi connectivity index (χ0n) is 18.4. The van der Waals surface area contributed by atoms with Crippen LogP contribution in [-0.4, -0.2) is 42.5 Å². The summed E-state index contributed by atoms with van der Waals surface area (Å²) in [5.74, 6) is 0.878.